The van der Waals surface area contributed by atoms with Gasteiger partial charge in [0.05, 0.1) is 12.0 Å². The number of Topliss-reactive ketones (excluding diaryl/α,β-unsaturated/α-hetero) is 1. The molecule has 4 rings (SSSR count). The van der Waals surface area contributed by atoms with Gasteiger partial charge < -0.3 is 25.2 Å². The Labute approximate surface area is 208 Å². The molecule has 3 aliphatic rings. The number of piperazine rings is 1. The lowest BCUT2D eigenvalue weighted by molar-refractivity contribution is -0.138. The molecular weight excluding hydrogens is 444 g/mol. The molecule has 0 spiro atoms. The van der Waals surface area contributed by atoms with Crippen LogP contribution in [0, 0.1) is 17.8 Å². The molecule has 8 nitrogen and oxygen atoms in total. The van der Waals surface area contributed by atoms with Crippen molar-refractivity contribution in [1.82, 2.24) is 9.80 Å². The maximum absolute atomic E-state index is 14.2. The van der Waals surface area contributed by atoms with Crippen LogP contribution in [-0.4, -0.2) is 85.9 Å². The summed E-state index contributed by atoms with van der Waals surface area (Å²) in [6.07, 6.45) is 0.319. The Hall–Kier alpha value is -2.45. The highest BCUT2D eigenvalue weighted by Gasteiger charge is 2.53. The fraction of sp³-hybridized carbons (Fsp3) is 0.667. The highest BCUT2D eigenvalue weighted by Crippen LogP contribution is 2.40. The summed E-state index contributed by atoms with van der Waals surface area (Å²) in [5.74, 6) is -0.605. The number of primary amides is 1. The Balaban J connectivity index is 1.72. The van der Waals surface area contributed by atoms with E-state index in [0.717, 1.165) is 31.9 Å². The summed E-state index contributed by atoms with van der Waals surface area (Å²) in [6.45, 7) is 12.6. The fourth-order valence-corrected chi connectivity index (χ4v) is 5.87. The number of carbonyl (C=O) groups is 3. The van der Waals surface area contributed by atoms with E-state index in [1.54, 1.807) is 11.0 Å². The van der Waals surface area contributed by atoms with E-state index in [9.17, 15) is 14.4 Å². The molecule has 8 heteroatoms. The lowest BCUT2D eigenvalue weighted by Crippen LogP contribution is -2.45. The van der Waals surface area contributed by atoms with E-state index in [1.165, 1.54) is 0 Å². The van der Waals surface area contributed by atoms with Crippen molar-refractivity contribution in [3.63, 3.8) is 0 Å². The Morgan fingerprint density at radius 3 is 2.40 bits per heavy atom. The van der Waals surface area contributed by atoms with Crippen molar-refractivity contribution in [2.45, 2.75) is 52.2 Å². The maximum Gasteiger partial charge on any atom is 0.249 e. The van der Waals surface area contributed by atoms with Gasteiger partial charge in [0.15, 0.2) is 5.78 Å². The van der Waals surface area contributed by atoms with Gasteiger partial charge in [-0.3, -0.25) is 14.4 Å². The highest BCUT2D eigenvalue weighted by molar-refractivity contribution is 5.99. The predicted molar refractivity (Wildman–Crippen MR) is 135 cm³/mol. The smallest absolute Gasteiger partial charge is 0.249 e. The van der Waals surface area contributed by atoms with E-state index in [0.29, 0.717) is 24.1 Å². The molecule has 0 bridgehead atoms. The number of carbonyl (C=O) groups excluding carboxylic acids is 3. The molecule has 3 saturated heterocycles. The second-order valence-corrected chi connectivity index (χ2v) is 11.2. The minimum atomic E-state index is -0.551. The van der Waals surface area contributed by atoms with Gasteiger partial charge in [0, 0.05) is 49.9 Å². The minimum Gasteiger partial charge on any atom is -0.369 e. The standard InChI is InChI=1S/C27H40N4O4/c1-16(2)12-21(27(34)31-14-22(17(3)4)25-24(31)23(32)15-35-25)20-13-18(6-7-19(20)26(28)33)30-10-8-29(5)9-11-30/h6-7,13,16-17,21-22,24-25H,8-12,14-15H2,1-5H3,(H2,28,33)/t21-,22-,24+,25+/m0/s1. The van der Waals surface area contributed by atoms with Crippen LogP contribution in [0.3, 0.4) is 0 Å². The van der Waals surface area contributed by atoms with Crippen LogP contribution in [0.1, 0.15) is 56.0 Å². The second kappa shape index (κ2) is 10.3. The van der Waals surface area contributed by atoms with Crippen LogP contribution in [0.5, 0.6) is 0 Å². The number of likely N-dealkylation sites (N-methyl/N-ethyl adjacent to an activating group) is 1. The Bertz CT molecular complexity index is 970. The molecule has 0 saturated carbocycles. The zero-order valence-electron chi connectivity index (χ0n) is 21.7. The Morgan fingerprint density at radius 1 is 1.11 bits per heavy atom. The third-order valence-corrected chi connectivity index (χ3v) is 7.91. The molecule has 0 unspecified atom stereocenters. The van der Waals surface area contributed by atoms with Gasteiger partial charge in [0.25, 0.3) is 0 Å². The number of anilines is 1. The molecule has 3 heterocycles. The lowest BCUT2D eigenvalue weighted by Gasteiger charge is -2.35. The van der Waals surface area contributed by atoms with Gasteiger partial charge in [-0.15, -0.1) is 0 Å². The van der Waals surface area contributed by atoms with E-state index in [2.05, 4.69) is 44.5 Å². The van der Waals surface area contributed by atoms with E-state index >= 15 is 0 Å². The normalized spacial score (nSPS) is 26.0. The number of ether oxygens (including phenoxy) is 1. The molecule has 0 aliphatic carbocycles. The average molecular weight is 485 g/mol. The molecule has 4 atom stereocenters. The summed E-state index contributed by atoms with van der Waals surface area (Å²) in [6, 6.07) is 5.14. The van der Waals surface area contributed by atoms with Crippen molar-refractivity contribution < 1.29 is 19.1 Å². The number of hydrogen-bond acceptors (Lipinski definition) is 6. The molecule has 1 aromatic carbocycles. The van der Waals surface area contributed by atoms with Gasteiger partial charge in [-0.2, -0.15) is 0 Å². The molecule has 0 radical (unpaired) electrons. The molecule has 0 aromatic heterocycles. The van der Waals surface area contributed by atoms with Gasteiger partial charge in [-0.05, 0) is 49.1 Å². The van der Waals surface area contributed by atoms with Gasteiger partial charge in [-0.1, -0.05) is 27.7 Å². The van der Waals surface area contributed by atoms with Crippen molar-refractivity contribution in [2.75, 3.05) is 51.3 Å². The van der Waals surface area contributed by atoms with E-state index in [4.69, 9.17) is 10.5 Å². The maximum atomic E-state index is 14.2. The molecular formula is C27H40N4O4. The molecule has 3 fully saturated rings. The zero-order valence-corrected chi connectivity index (χ0v) is 21.7. The molecule has 3 aliphatic heterocycles. The first-order valence-corrected chi connectivity index (χ1v) is 12.9. The number of amides is 2. The number of nitrogens with two attached hydrogens (primary N) is 1. The van der Waals surface area contributed by atoms with Gasteiger partial charge in [-0.25, -0.2) is 0 Å². The quantitative estimate of drug-likeness (QED) is 0.637. The fourth-order valence-electron chi connectivity index (χ4n) is 5.87. The lowest BCUT2D eigenvalue weighted by atomic mass is 9.85. The number of nitrogens with zero attached hydrogens (tertiary/aromatic N) is 3. The van der Waals surface area contributed by atoms with E-state index in [-0.39, 0.29) is 42.2 Å². The van der Waals surface area contributed by atoms with Gasteiger partial charge in [0.2, 0.25) is 11.8 Å². The number of benzene rings is 1. The molecule has 35 heavy (non-hydrogen) atoms. The van der Waals surface area contributed by atoms with Crippen molar-refractivity contribution >= 4 is 23.3 Å². The summed E-state index contributed by atoms with van der Waals surface area (Å²) in [4.78, 5) is 45.8. The number of rotatable bonds is 7. The van der Waals surface area contributed by atoms with Crippen molar-refractivity contribution in [3.8, 4) is 0 Å². The predicted octanol–water partition coefficient (Wildman–Crippen LogP) is 2.12. The highest BCUT2D eigenvalue weighted by atomic mass is 16.5. The van der Waals surface area contributed by atoms with E-state index in [1.807, 2.05) is 12.1 Å². The summed E-state index contributed by atoms with van der Waals surface area (Å²) in [7, 11) is 2.11. The molecule has 2 N–H and O–H groups in total. The van der Waals surface area contributed by atoms with Crippen LogP contribution in [0.4, 0.5) is 5.69 Å². The Morgan fingerprint density at radius 2 is 1.80 bits per heavy atom. The van der Waals surface area contributed by atoms with Crippen LogP contribution < -0.4 is 10.6 Å². The number of hydrogen-bond donors (Lipinski definition) is 1. The summed E-state index contributed by atoms with van der Waals surface area (Å²) < 4.78 is 5.85. The molecule has 1 aromatic rings. The first kappa shape index (κ1) is 25.6. The van der Waals surface area contributed by atoms with Crippen LogP contribution in [0.25, 0.3) is 0 Å². The topological polar surface area (TPSA) is 96.2 Å². The second-order valence-electron chi connectivity index (χ2n) is 11.2. The Kier molecular flexibility index (Phi) is 7.52. The van der Waals surface area contributed by atoms with Crippen LogP contribution >= 0.6 is 0 Å². The largest absolute Gasteiger partial charge is 0.369 e. The van der Waals surface area contributed by atoms with Crippen LogP contribution in [-0.2, 0) is 14.3 Å². The minimum absolute atomic E-state index is 0.0314. The third kappa shape index (κ3) is 5.09. The van der Waals surface area contributed by atoms with Gasteiger partial charge in [0.1, 0.15) is 12.6 Å². The third-order valence-electron chi connectivity index (χ3n) is 7.91. The SMILES string of the molecule is CC(C)C[C@H](C(=O)N1C[C@@H](C(C)C)[C@H]2OCC(=O)[C@H]21)c1cc(N2CCN(C)CC2)ccc1C(N)=O. The first-order valence-electron chi connectivity index (χ1n) is 12.9. The zero-order chi connectivity index (χ0) is 25.4. The van der Waals surface area contributed by atoms with Crippen molar-refractivity contribution in [3.05, 3.63) is 29.3 Å². The van der Waals surface area contributed by atoms with Crippen molar-refractivity contribution in [2.24, 2.45) is 23.5 Å². The number of fused-ring (bicyclic) bond motifs is 1. The average Bonchev–Trinajstić information content (AvgIpc) is 3.38. The summed E-state index contributed by atoms with van der Waals surface area (Å²) >= 11 is 0. The van der Waals surface area contributed by atoms with Crippen molar-refractivity contribution in [1.29, 1.82) is 0 Å². The summed E-state index contributed by atoms with van der Waals surface area (Å²) in [5.41, 5.74) is 7.85. The number of likely N-dealkylation sites (tertiary alicyclic amines) is 1. The van der Waals surface area contributed by atoms with E-state index < -0.39 is 17.9 Å². The monoisotopic (exact) mass is 484 g/mol. The van der Waals surface area contributed by atoms with Crippen LogP contribution in [0.2, 0.25) is 0 Å². The molecule has 2 amide bonds. The van der Waals surface area contributed by atoms with Crippen LogP contribution in [0.15, 0.2) is 18.2 Å². The summed E-state index contributed by atoms with van der Waals surface area (Å²) in [5, 5.41) is 0. The first-order chi connectivity index (χ1) is 16.6. The molecule has 192 valence electrons. The van der Waals surface area contributed by atoms with Gasteiger partial charge >= 0.3 is 0 Å². The number of ketones is 1.